The van der Waals surface area contributed by atoms with Gasteiger partial charge >= 0.3 is 0 Å². The van der Waals surface area contributed by atoms with Crippen LogP contribution in [0.1, 0.15) is 51.3 Å². The van der Waals surface area contributed by atoms with Crippen LogP contribution in [0.2, 0.25) is 0 Å². The first-order chi connectivity index (χ1) is 7.56. The molecule has 0 saturated heterocycles. The van der Waals surface area contributed by atoms with E-state index in [2.05, 4.69) is 52.0 Å². The maximum absolute atomic E-state index is 6.26. The minimum atomic E-state index is 0.163. The van der Waals surface area contributed by atoms with Gasteiger partial charge in [-0.2, -0.15) is 0 Å². The predicted molar refractivity (Wildman–Crippen MR) is 71.4 cm³/mol. The number of hydrogen-bond donors (Lipinski definition) is 1. The molecule has 0 bridgehead atoms. The van der Waals surface area contributed by atoms with Crippen molar-refractivity contribution in [2.24, 2.45) is 17.6 Å². The molecule has 0 spiro atoms. The van der Waals surface area contributed by atoms with Crippen molar-refractivity contribution in [2.75, 3.05) is 0 Å². The smallest absolute Gasteiger partial charge is 0.0323 e. The number of nitrogens with two attached hydrogens (primary N) is 1. The third kappa shape index (κ3) is 3.34. The Morgan fingerprint density at radius 1 is 1.06 bits per heavy atom. The molecule has 0 aliphatic carbocycles. The van der Waals surface area contributed by atoms with E-state index in [1.807, 2.05) is 0 Å². The third-order valence-corrected chi connectivity index (χ3v) is 3.52. The van der Waals surface area contributed by atoms with Crippen LogP contribution in [-0.2, 0) is 6.42 Å². The van der Waals surface area contributed by atoms with E-state index in [0.717, 1.165) is 6.42 Å². The normalized spacial score (nSPS) is 15.1. The largest absolute Gasteiger partial charge is 0.324 e. The van der Waals surface area contributed by atoms with Gasteiger partial charge in [0.1, 0.15) is 0 Å². The molecule has 2 atom stereocenters. The summed E-state index contributed by atoms with van der Waals surface area (Å²) < 4.78 is 0. The molecule has 0 heterocycles. The zero-order chi connectivity index (χ0) is 12.1. The van der Waals surface area contributed by atoms with E-state index in [4.69, 9.17) is 5.73 Å². The Bertz CT molecular complexity index is 300. The van der Waals surface area contributed by atoms with Crippen molar-refractivity contribution in [1.82, 2.24) is 0 Å². The molecule has 0 aliphatic heterocycles. The van der Waals surface area contributed by atoms with Crippen LogP contribution in [0.3, 0.4) is 0 Å². The van der Waals surface area contributed by atoms with Gasteiger partial charge in [0.2, 0.25) is 0 Å². The van der Waals surface area contributed by atoms with Crippen molar-refractivity contribution in [3.05, 3.63) is 35.4 Å². The van der Waals surface area contributed by atoms with Gasteiger partial charge in [-0.05, 0) is 29.4 Å². The number of rotatable bonds is 5. The highest BCUT2D eigenvalue weighted by atomic mass is 14.6. The second kappa shape index (κ2) is 6.05. The molecule has 90 valence electrons. The Morgan fingerprint density at radius 3 is 2.06 bits per heavy atom. The summed E-state index contributed by atoms with van der Waals surface area (Å²) in [6.45, 7) is 8.90. The van der Waals surface area contributed by atoms with Gasteiger partial charge in [-0.1, -0.05) is 58.4 Å². The van der Waals surface area contributed by atoms with Crippen molar-refractivity contribution in [1.29, 1.82) is 0 Å². The zero-order valence-corrected chi connectivity index (χ0v) is 11.0. The SMILES string of the molecule is CCCc1ccc(C(N)C(C)C(C)C)cc1. The van der Waals surface area contributed by atoms with Crippen molar-refractivity contribution in [3.8, 4) is 0 Å². The van der Waals surface area contributed by atoms with Gasteiger partial charge in [-0.25, -0.2) is 0 Å². The molecule has 1 aromatic carbocycles. The Kier molecular flexibility index (Phi) is 5.01. The lowest BCUT2D eigenvalue weighted by Gasteiger charge is -2.23. The van der Waals surface area contributed by atoms with Crippen LogP contribution in [-0.4, -0.2) is 0 Å². The molecule has 1 heteroatoms. The number of aryl methyl sites for hydroxylation is 1. The van der Waals surface area contributed by atoms with Crippen LogP contribution >= 0.6 is 0 Å². The fourth-order valence-corrected chi connectivity index (χ4v) is 1.91. The molecule has 2 N–H and O–H groups in total. The van der Waals surface area contributed by atoms with Gasteiger partial charge < -0.3 is 5.73 Å². The Labute approximate surface area is 100 Å². The predicted octanol–water partition coefficient (Wildman–Crippen LogP) is 3.93. The van der Waals surface area contributed by atoms with E-state index >= 15 is 0 Å². The molecule has 0 aliphatic rings. The second-order valence-corrected chi connectivity index (χ2v) is 5.12. The van der Waals surface area contributed by atoms with Crippen LogP contribution in [0, 0.1) is 11.8 Å². The van der Waals surface area contributed by atoms with Gasteiger partial charge in [0.25, 0.3) is 0 Å². The van der Waals surface area contributed by atoms with Crippen LogP contribution in [0.5, 0.6) is 0 Å². The van der Waals surface area contributed by atoms with Crippen molar-refractivity contribution in [2.45, 2.75) is 46.6 Å². The van der Waals surface area contributed by atoms with Gasteiger partial charge in [-0.15, -0.1) is 0 Å². The zero-order valence-electron chi connectivity index (χ0n) is 11.0. The van der Waals surface area contributed by atoms with Crippen LogP contribution in [0.4, 0.5) is 0 Å². The van der Waals surface area contributed by atoms with Gasteiger partial charge in [-0.3, -0.25) is 0 Å². The Morgan fingerprint density at radius 2 is 1.62 bits per heavy atom. The average molecular weight is 219 g/mol. The summed E-state index contributed by atoms with van der Waals surface area (Å²) in [7, 11) is 0. The van der Waals surface area contributed by atoms with E-state index in [1.165, 1.54) is 17.5 Å². The van der Waals surface area contributed by atoms with E-state index in [1.54, 1.807) is 0 Å². The number of benzene rings is 1. The lowest BCUT2D eigenvalue weighted by Crippen LogP contribution is -2.23. The Balaban J connectivity index is 2.73. The summed E-state index contributed by atoms with van der Waals surface area (Å²) >= 11 is 0. The summed E-state index contributed by atoms with van der Waals surface area (Å²) in [5.41, 5.74) is 8.94. The molecule has 2 unspecified atom stereocenters. The first-order valence-corrected chi connectivity index (χ1v) is 6.40. The number of hydrogen-bond acceptors (Lipinski definition) is 1. The van der Waals surface area contributed by atoms with Crippen molar-refractivity contribution in [3.63, 3.8) is 0 Å². The van der Waals surface area contributed by atoms with Gasteiger partial charge in [0.15, 0.2) is 0 Å². The molecule has 16 heavy (non-hydrogen) atoms. The molecule has 0 aromatic heterocycles. The van der Waals surface area contributed by atoms with Crippen LogP contribution in [0.15, 0.2) is 24.3 Å². The molecule has 1 rings (SSSR count). The molecule has 1 nitrogen and oxygen atoms in total. The third-order valence-electron chi connectivity index (χ3n) is 3.52. The highest BCUT2D eigenvalue weighted by molar-refractivity contribution is 5.25. The minimum Gasteiger partial charge on any atom is -0.324 e. The molecule has 0 radical (unpaired) electrons. The van der Waals surface area contributed by atoms with E-state index in [-0.39, 0.29) is 6.04 Å². The minimum absolute atomic E-state index is 0.163. The highest BCUT2D eigenvalue weighted by Gasteiger charge is 2.17. The molecular formula is C15H25N. The van der Waals surface area contributed by atoms with Crippen LogP contribution < -0.4 is 5.73 Å². The summed E-state index contributed by atoms with van der Waals surface area (Å²) in [6, 6.07) is 8.97. The van der Waals surface area contributed by atoms with Crippen molar-refractivity contribution < 1.29 is 0 Å². The molecule has 0 amide bonds. The van der Waals surface area contributed by atoms with E-state index in [0.29, 0.717) is 11.8 Å². The quantitative estimate of drug-likeness (QED) is 0.797. The second-order valence-electron chi connectivity index (χ2n) is 5.12. The lowest BCUT2D eigenvalue weighted by atomic mass is 9.86. The fourth-order valence-electron chi connectivity index (χ4n) is 1.91. The fraction of sp³-hybridized carbons (Fsp3) is 0.600. The van der Waals surface area contributed by atoms with Gasteiger partial charge in [0, 0.05) is 6.04 Å². The highest BCUT2D eigenvalue weighted by Crippen LogP contribution is 2.25. The average Bonchev–Trinajstić information content (AvgIpc) is 2.28. The molecular weight excluding hydrogens is 194 g/mol. The summed E-state index contributed by atoms with van der Waals surface area (Å²) in [6.07, 6.45) is 2.36. The molecule has 0 saturated carbocycles. The molecule has 0 fully saturated rings. The van der Waals surface area contributed by atoms with Gasteiger partial charge in [0.05, 0.1) is 0 Å². The standard InChI is InChI=1S/C15H25N/c1-5-6-13-7-9-14(10-8-13)15(16)12(4)11(2)3/h7-12,15H,5-6,16H2,1-4H3. The molecule has 1 aromatic rings. The monoisotopic (exact) mass is 219 g/mol. The van der Waals surface area contributed by atoms with Crippen LogP contribution in [0.25, 0.3) is 0 Å². The lowest BCUT2D eigenvalue weighted by molar-refractivity contribution is 0.352. The summed E-state index contributed by atoms with van der Waals surface area (Å²) in [5.74, 6) is 1.15. The van der Waals surface area contributed by atoms with E-state index < -0.39 is 0 Å². The van der Waals surface area contributed by atoms with E-state index in [9.17, 15) is 0 Å². The first kappa shape index (κ1) is 13.2. The maximum atomic E-state index is 6.26. The van der Waals surface area contributed by atoms with Crippen molar-refractivity contribution >= 4 is 0 Å². The first-order valence-electron chi connectivity index (χ1n) is 6.40. The summed E-state index contributed by atoms with van der Waals surface area (Å²) in [4.78, 5) is 0. The summed E-state index contributed by atoms with van der Waals surface area (Å²) in [5, 5.41) is 0. The maximum Gasteiger partial charge on any atom is 0.0323 e. The topological polar surface area (TPSA) is 26.0 Å². The Hall–Kier alpha value is -0.820.